The zero-order valence-corrected chi connectivity index (χ0v) is 12.0. The van der Waals surface area contributed by atoms with Crippen LogP contribution < -0.4 is 0 Å². The van der Waals surface area contributed by atoms with Crippen molar-refractivity contribution in [1.29, 1.82) is 0 Å². The standard InChI is InChI=1S/C14H19BrO2/c1-3-17-14(16)10-12-7-4-6-11(2)13(12)8-5-9-15/h4,6-7H,3,5,8-10H2,1-2H3. The van der Waals surface area contributed by atoms with E-state index in [9.17, 15) is 4.79 Å². The van der Waals surface area contributed by atoms with Gasteiger partial charge in [0.15, 0.2) is 0 Å². The van der Waals surface area contributed by atoms with E-state index >= 15 is 0 Å². The van der Waals surface area contributed by atoms with E-state index < -0.39 is 0 Å². The van der Waals surface area contributed by atoms with Crippen molar-refractivity contribution in [2.75, 3.05) is 11.9 Å². The molecular weight excluding hydrogens is 280 g/mol. The molecule has 0 fully saturated rings. The third kappa shape index (κ3) is 4.50. The number of aryl methyl sites for hydroxylation is 1. The Morgan fingerprint density at radius 1 is 1.41 bits per heavy atom. The van der Waals surface area contributed by atoms with Gasteiger partial charge in [0.1, 0.15) is 0 Å². The number of carbonyl (C=O) groups excluding carboxylic acids is 1. The Bertz CT molecular complexity index is 374. The molecule has 0 radical (unpaired) electrons. The number of ether oxygens (including phenoxy) is 1. The van der Waals surface area contributed by atoms with Gasteiger partial charge in [0.25, 0.3) is 0 Å². The molecule has 0 spiro atoms. The summed E-state index contributed by atoms with van der Waals surface area (Å²) in [6.07, 6.45) is 2.47. The minimum atomic E-state index is -0.141. The van der Waals surface area contributed by atoms with E-state index in [0.29, 0.717) is 13.0 Å². The SMILES string of the molecule is CCOC(=O)Cc1cccc(C)c1CCCBr. The van der Waals surface area contributed by atoms with Gasteiger partial charge in [-0.1, -0.05) is 34.1 Å². The van der Waals surface area contributed by atoms with Crippen LogP contribution in [0.15, 0.2) is 18.2 Å². The third-order valence-electron chi connectivity index (χ3n) is 2.71. The summed E-state index contributed by atoms with van der Waals surface area (Å²) >= 11 is 3.44. The molecule has 1 rings (SSSR count). The maximum atomic E-state index is 11.5. The van der Waals surface area contributed by atoms with Crippen LogP contribution in [0.2, 0.25) is 0 Å². The van der Waals surface area contributed by atoms with E-state index in [1.165, 1.54) is 11.1 Å². The predicted molar refractivity (Wildman–Crippen MR) is 73.6 cm³/mol. The molecule has 2 nitrogen and oxygen atoms in total. The first-order valence-electron chi connectivity index (χ1n) is 5.98. The summed E-state index contributed by atoms with van der Waals surface area (Å²) in [4.78, 5) is 11.5. The monoisotopic (exact) mass is 298 g/mol. The van der Waals surface area contributed by atoms with Gasteiger partial charge < -0.3 is 4.74 Å². The first-order chi connectivity index (χ1) is 8.19. The molecule has 0 aliphatic rings. The number of alkyl halides is 1. The fourth-order valence-corrected chi connectivity index (χ4v) is 2.18. The molecule has 3 heteroatoms. The molecule has 0 heterocycles. The molecule has 0 bridgehead atoms. The van der Waals surface area contributed by atoms with Gasteiger partial charge in [0.05, 0.1) is 13.0 Å². The smallest absolute Gasteiger partial charge is 0.310 e. The zero-order chi connectivity index (χ0) is 12.7. The molecule has 94 valence electrons. The molecular formula is C14H19BrO2. The van der Waals surface area contributed by atoms with Crippen molar-refractivity contribution in [3.05, 3.63) is 34.9 Å². The highest BCUT2D eigenvalue weighted by Gasteiger charge is 2.10. The highest BCUT2D eigenvalue weighted by Crippen LogP contribution is 2.17. The van der Waals surface area contributed by atoms with Gasteiger partial charge in [-0.3, -0.25) is 4.79 Å². The highest BCUT2D eigenvalue weighted by molar-refractivity contribution is 9.09. The lowest BCUT2D eigenvalue weighted by atomic mass is 9.96. The lowest BCUT2D eigenvalue weighted by Crippen LogP contribution is -2.10. The van der Waals surface area contributed by atoms with Crippen molar-refractivity contribution in [1.82, 2.24) is 0 Å². The lowest BCUT2D eigenvalue weighted by Gasteiger charge is -2.11. The molecule has 0 aliphatic carbocycles. The van der Waals surface area contributed by atoms with E-state index in [4.69, 9.17) is 4.74 Å². The Morgan fingerprint density at radius 3 is 2.82 bits per heavy atom. The maximum Gasteiger partial charge on any atom is 0.310 e. The van der Waals surface area contributed by atoms with E-state index in [0.717, 1.165) is 23.7 Å². The lowest BCUT2D eigenvalue weighted by molar-refractivity contribution is -0.142. The van der Waals surface area contributed by atoms with E-state index in [1.807, 2.05) is 19.1 Å². The average molecular weight is 299 g/mol. The topological polar surface area (TPSA) is 26.3 Å². The van der Waals surface area contributed by atoms with E-state index in [1.54, 1.807) is 0 Å². The largest absolute Gasteiger partial charge is 0.466 e. The summed E-state index contributed by atoms with van der Waals surface area (Å²) in [6, 6.07) is 6.12. The molecule has 0 saturated carbocycles. The van der Waals surface area contributed by atoms with Gasteiger partial charge in [-0.2, -0.15) is 0 Å². The van der Waals surface area contributed by atoms with Crippen LogP contribution >= 0.6 is 15.9 Å². The minimum absolute atomic E-state index is 0.141. The van der Waals surface area contributed by atoms with E-state index in [-0.39, 0.29) is 5.97 Å². The van der Waals surface area contributed by atoms with Gasteiger partial charge in [-0.05, 0) is 43.4 Å². The van der Waals surface area contributed by atoms with Gasteiger partial charge in [-0.25, -0.2) is 0 Å². The number of rotatable bonds is 6. The number of benzene rings is 1. The van der Waals surface area contributed by atoms with Gasteiger partial charge in [0.2, 0.25) is 0 Å². The third-order valence-corrected chi connectivity index (χ3v) is 3.27. The Morgan fingerprint density at radius 2 is 2.18 bits per heavy atom. The molecule has 0 aliphatic heterocycles. The second-order valence-electron chi connectivity index (χ2n) is 3.99. The number of esters is 1. The van der Waals surface area contributed by atoms with Crippen molar-refractivity contribution < 1.29 is 9.53 Å². The summed E-state index contributed by atoms with van der Waals surface area (Å²) < 4.78 is 5.00. The molecule has 1 aromatic carbocycles. The summed E-state index contributed by atoms with van der Waals surface area (Å²) in [5.74, 6) is -0.141. The van der Waals surface area contributed by atoms with Crippen molar-refractivity contribution in [3.63, 3.8) is 0 Å². The number of hydrogen-bond donors (Lipinski definition) is 0. The average Bonchev–Trinajstić information content (AvgIpc) is 2.28. The van der Waals surface area contributed by atoms with Crippen LogP contribution in [0.1, 0.15) is 30.0 Å². The maximum absolute atomic E-state index is 11.5. The summed E-state index contributed by atoms with van der Waals surface area (Å²) in [6.45, 7) is 4.37. The summed E-state index contributed by atoms with van der Waals surface area (Å²) in [7, 11) is 0. The van der Waals surface area contributed by atoms with Crippen LogP contribution in [0.4, 0.5) is 0 Å². The Labute approximate surface area is 111 Å². The van der Waals surface area contributed by atoms with Gasteiger partial charge >= 0.3 is 5.97 Å². The quantitative estimate of drug-likeness (QED) is 0.594. The molecule has 0 unspecified atom stereocenters. The first-order valence-corrected chi connectivity index (χ1v) is 7.10. The van der Waals surface area contributed by atoms with Crippen LogP contribution in [0, 0.1) is 6.92 Å². The number of carbonyl (C=O) groups is 1. The number of hydrogen-bond acceptors (Lipinski definition) is 2. The molecule has 1 aromatic rings. The van der Waals surface area contributed by atoms with Crippen molar-refractivity contribution in [3.8, 4) is 0 Å². The summed E-state index contributed by atoms with van der Waals surface area (Å²) in [5.41, 5.74) is 3.65. The second kappa shape index (κ2) is 7.49. The number of halogens is 1. The van der Waals surface area contributed by atoms with Gasteiger partial charge in [0, 0.05) is 5.33 Å². The van der Waals surface area contributed by atoms with Crippen LogP contribution in [-0.4, -0.2) is 17.9 Å². The van der Waals surface area contributed by atoms with E-state index in [2.05, 4.69) is 28.9 Å². The van der Waals surface area contributed by atoms with Crippen LogP contribution in [0.5, 0.6) is 0 Å². The van der Waals surface area contributed by atoms with Crippen LogP contribution in [-0.2, 0) is 22.4 Å². The molecule has 0 atom stereocenters. The molecule has 0 aromatic heterocycles. The summed E-state index contributed by atoms with van der Waals surface area (Å²) in [5, 5.41) is 0.986. The Balaban J connectivity index is 2.82. The molecule has 17 heavy (non-hydrogen) atoms. The predicted octanol–water partition coefficient (Wildman–Crippen LogP) is 3.43. The normalized spacial score (nSPS) is 10.3. The molecule has 0 N–H and O–H groups in total. The molecule has 0 amide bonds. The van der Waals surface area contributed by atoms with Crippen molar-refractivity contribution in [2.24, 2.45) is 0 Å². The Hall–Kier alpha value is -0.830. The second-order valence-corrected chi connectivity index (χ2v) is 4.78. The van der Waals surface area contributed by atoms with Crippen LogP contribution in [0.25, 0.3) is 0 Å². The van der Waals surface area contributed by atoms with Gasteiger partial charge in [-0.15, -0.1) is 0 Å². The fraction of sp³-hybridized carbons (Fsp3) is 0.500. The molecule has 0 saturated heterocycles. The van der Waals surface area contributed by atoms with Crippen LogP contribution in [0.3, 0.4) is 0 Å². The zero-order valence-electron chi connectivity index (χ0n) is 10.5. The first kappa shape index (κ1) is 14.2. The van der Waals surface area contributed by atoms with Crippen molar-refractivity contribution in [2.45, 2.75) is 33.1 Å². The minimum Gasteiger partial charge on any atom is -0.466 e. The highest BCUT2D eigenvalue weighted by atomic mass is 79.9. The fourth-order valence-electron chi connectivity index (χ4n) is 1.90. The Kier molecular flexibility index (Phi) is 6.27. The van der Waals surface area contributed by atoms with Crippen molar-refractivity contribution >= 4 is 21.9 Å².